The third kappa shape index (κ3) is 7.47. The van der Waals surface area contributed by atoms with Crippen LogP contribution >= 0.6 is 23.2 Å². The van der Waals surface area contributed by atoms with Gasteiger partial charge in [0.15, 0.2) is 17.3 Å². The van der Waals surface area contributed by atoms with Crippen LogP contribution in [0, 0.1) is 5.92 Å². The van der Waals surface area contributed by atoms with Gasteiger partial charge in [-0.15, -0.1) is 0 Å². The zero-order chi connectivity index (χ0) is 28.6. The molecule has 0 radical (unpaired) electrons. The van der Waals surface area contributed by atoms with Gasteiger partial charge in [0.25, 0.3) is 5.91 Å². The lowest BCUT2D eigenvalue weighted by Crippen LogP contribution is -2.49. The van der Waals surface area contributed by atoms with E-state index in [9.17, 15) is 9.59 Å². The number of ketones is 1. The number of ether oxygens (including phenoxy) is 2. The molecule has 2 N–H and O–H groups in total. The van der Waals surface area contributed by atoms with Crippen molar-refractivity contribution in [3.8, 4) is 11.5 Å². The number of halogens is 2. The van der Waals surface area contributed by atoms with Crippen LogP contribution in [0.15, 0.2) is 60.7 Å². The zero-order valence-corrected chi connectivity index (χ0v) is 24.5. The van der Waals surface area contributed by atoms with E-state index >= 15 is 0 Å². The van der Waals surface area contributed by atoms with Gasteiger partial charge in [-0.05, 0) is 92.0 Å². The summed E-state index contributed by atoms with van der Waals surface area (Å²) in [6.45, 7) is 1.94. The highest BCUT2D eigenvalue weighted by Gasteiger charge is 2.32. The summed E-state index contributed by atoms with van der Waals surface area (Å²) >= 11 is 12.3. The van der Waals surface area contributed by atoms with E-state index in [1.165, 1.54) is 0 Å². The topological polar surface area (TPSA) is 79.9 Å². The number of hydrogen-bond donors (Lipinski definition) is 2. The van der Waals surface area contributed by atoms with Crippen LogP contribution in [-0.4, -0.2) is 58.6 Å². The number of carbonyl (C=O) groups is 2. The normalized spacial score (nSPS) is 14.3. The Morgan fingerprint density at radius 2 is 1.68 bits per heavy atom. The third-order valence-corrected chi connectivity index (χ3v) is 7.75. The van der Waals surface area contributed by atoms with Crippen LogP contribution < -0.4 is 25.0 Å². The first-order valence-electron chi connectivity index (χ1n) is 13.3. The Balaban J connectivity index is 1.50. The minimum absolute atomic E-state index is 0.0318. The summed E-state index contributed by atoms with van der Waals surface area (Å²) in [7, 11) is 5.45. The standard InChI is InChI=1S/C31H35Cl2N3O4/c1-36(2)25-9-5-22(6-10-25)30(37)29(21-12-15-34-16-13-21)35-31(38)23-7-11-27(39-3)28(18-23)40-17-14-20-4-8-24(32)19-26(20)33/h4-11,18-19,21,29,34H,12-17H2,1-3H3,(H,35,38). The number of piperidine rings is 1. The number of amides is 1. The molecule has 1 fully saturated rings. The number of methoxy groups -OCH3 is 1. The maximum absolute atomic E-state index is 13.7. The molecule has 40 heavy (non-hydrogen) atoms. The van der Waals surface area contributed by atoms with Crippen LogP contribution in [-0.2, 0) is 6.42 Å². The molecule has 0 spiro atoms. The molecule has 3 aromatic carbocycles. The van der Waals surface area contributed by atoms with E-state index < -0.39 is 6.04 Å². The van der Waals surface area contributed by atoms with E-state index in [1.54, 1.807) is 37.4 Å². The summed E-state index contributed by atoms with van der Waals surface area (Å²) in [4.78, 5) is 29.1. The fraction of sp³-hybridized carbons (Fsp3) is 0.355. The van der Waals surface area contributed by atoms with Crippen LogP contribution in [0.5, 0.6) is 11.5 Å². The van der Waals surface area contributed by atoms with Crippen molar-refractivity contribution in [3.63, 3.8) is 0 Å². The van der Waals surface area contributed by atoms with Gasteiger partial charge >= 0.3 is 0 Å². The molecule has 0 aromatic heterocycles. The van der Waals surface area contributed by atoms with E-state index in [0.717, 1.165) is 37.2 Å². The average molecular weight is 585 g/mol. The van der Waals surface area contributed by atoms with Crippen LogP contribution in [0.4, 0.5) is 5.69 Å². The molecule has 1 atom stereocenters. The van der Waals surface area contributed by atoms with Gasteiger partial charge in [0, 0.05) is 47.4 Å². The van der Waals surface area contributed by atoms with Crippen molar-refractivity contribution in [1.82, 2.24) is 10.6 Å². The molecule has 4 rings (SSSR count). The number of nitrogens with one attached hydrogen (secondary N) is 2. The molecule has 3 aromatic rings. The fourth-order valence-electron chi connectivity index (χ4n) is 4.83. The fourth-order valence-corrected chi connectivity index (χ4v) is 5.33. The second kappa shape index (κ2) is 13.9. The molecule has 1 saturated heterocycles. The number of hydrogen-bond acceptors (Lipinski definition) is 6. The second-order valence-electron chi connectivity index (χ2n) is 10.0. The molecule has 0 aliphatic carbocycles. The number of nitrogens with zero attached hydrogens (tertiary/aromatic N) is 1. The Labute approximate surface area is 245 Å². The third-order valence-electron chi connectivity index (χ3n) is 7.16. The van der Waals surface area contributed by atoms with Crippen molar-refractivity contribution in [2.45, 2.75) is 25.3 Å². The first kappa shape index (κ1) is 29.7. The van der Waals surface area contributed by atoms with Crippen LogP contribution in [0.1, 0.15) is 39.1 Å². The molecular formula is C31H35Cl2N3O4. The monoisotopic (exact) mass is 583 g/mol. The van der Waals surface area contributed by atoms with Gasteiger partial charge in [0.05, 0.1) is 19.8 Å². The molecule has 1 aliphatic heterocycles. The lowest BCUT2D eigenvalue weighted by Gasteiger charge is -2.30. The van der Waals surface area contributed by atoms with Crippen molar-refractivity contribution in [1.29, 1.82) is 0 Å². The number of Topliss-reactive ketones (excluding diaryl/α,β-unsaturated/α-hetero) is 1. The van der Waals surface area contributed by atoms with Gasteiger partial charge in [0.2, 0.25) is 0 Å². The minimum atomic E-state index is -0.640. The van der Waals surface area contributed by atoms with E-state index in [0.29, 0.717) is 45.7 Å². The predicted molar refractivity (Wildman–Crippen MR) is 161 cm³/mol. The average Bonchev–Trinajstić information content (AvgIpc) is 2.97. The maximum Gasteiger partial charge on any atom is 0.252 e. The van der Waals surface area contributed by atoms with Gasteiger partial charge in [-0.25, -0.2) is 0 Å². The van der Waals surface area contributed by atoms with Crippen LogP contribution in [0.25, 0.3) is 0 Å². The van der Waals surface area contributed by atoms with Crippen molar-refractivity contribution in [2.75, 3.05) is 45.8 Å². The first-order chi connectivity index (χ1) is 19.3. The molecule has 1 heterocycles. The van der Waals surface area contributed by atoms with Crippen molar-refractivity contribution in [3.05, 3.63) is 87.4 Å². The van der Waals surface area contributed by atoms with E-state index in [4.69, 9.17) is 32.7 Å². The molecular weight excluding hydrogens is 549 g/mol. The quantitative estimate of drug-likeness (QED) is 0.283. The smallest absolute Gasteiger partial charge is 0.252 e. The van der Waals surface area contributed by atoms with E-state index in [-0.39, 0.29) is 17.6 Å². The van der Waals surface area contributed by atoms with Crippen molar-refractivity contribution < 1.29 is 19.1 Å². The van der Waals surface area contributed by atoms with E-state index in [1.807, 2.05) is 49.3 Å². The minimum Gasteiger partial charge on any atom is -0.493 e. The Hall–Kier alpha value is -3.26. The van der Waals surface area contributed by atoms with Gasteiger partial charge in [-0.3, -0.25) is 9.59 Å². The van der Waals surface area contributed by atoms with Crippen LogP contribution in [0.3, 0.4) is 0 Å². The SMILES string of the molecule is COc1ccc(C(=O)NC(C(=O)c2ccc(N(C)C)cc2)C2CCNCC2)cc1OCCc1ccc(Cl)cc1Cl. The number of anilines is 1. The van der Waals surface area contributed by atoms with Crippen molar-refractivity contribution in [2.24, 2.45) is 5.92 Å². The summed E-state index contributed by atoms with van der Waals surface area (Å²) in [5.41, 5.74) is 2.87. The van der Waals surface area contributed by atoms with Gasteiger partial charge in [-0.1, -0.05) is 29.3 Å². The highest BCUT2D eigenvalue weighted by molar-refractivity contribution is 6.35. The molecule has 212 valence electrons. The summed E-state index contributed by atoms with van der Waals surface area (Å²) in [6.07, 6.45) is 2.15. The van der Waals surface area contributed by atoms with Crippen molar-refractivity contribution >= 4 is 40.6 Å². The summed E-state index contributed by atoms with van der Waals surface area (Å²) < 4.78 is 11.5. The van der Waals surface area contributed by atoms with Gasteiger partial charge in [-0.2, -0.15) is 0 Å². The maximum atomic E-state index is 13.7. The molecule has 1 amide bonds. The largest absolute Gasteiger partial charge is 0.493 e. The summed E-state index contributed by atoms with van der Waals surface area (Å²) in [6, 6.07) is 17.2. The molecule has 7 nitrogen and oxygen atoms in total. The molecule has 1 aliphatic rings. The number of rotatable bonds is 11. The Morgan fingerprint density at radius 1 is 0.975 bits per heavy atom. The predicted octanol–water partition coefficient (Wildman–Crippen LogP) is 5.67. The molecule has 0 saturated carbocycles. The zero-order valence-electron chi connectivity index (χ0n) is 23.0. The Kier molecular flexibility index (Phi) is 10.3. The second-order valence-corrected chi connectivity index (χ2v) is 10.9. The lowest BCUT2D eigenvalue weighted by atomic mass is 9.85. The Morgan fingerprint density at radius 3 is 2.33 bits per heavy atom. The highest BCUT2D eigenvalue weighted by atomic mass is 35.5. The lowest BCUT2D eigenvalue weighted by molar-refractivity contribution is 0.0806. The van der Waals surface area contributed by atoms with Gasteiger partial charge < -0.3 is 25.0 Å². The molecule has 9 heteroatoms. The van der Waals surface area contributed by atoms with Crippen LogP contribution in [0.2, 0.25) is 10.0 Å². The summed E-state index contributed by atoms with van der Waals surface area (Å²) in [5, 5.41) is 7.52. The number of carbonyl (C=O) groups excluding carboxylic acids is 2. The first-order valence-corrected chi connectivity index (χ1v) is 14.1. The van der Waals surface area contributed by atoms with E-state index in [2.05, 4.69) is 10.6 Å². The highest BCUT2D eigenvalue weighted by Crippen LogP contribution is 2.30. The molecule has 0 bridgehead atoms. The number of benzene rings is 3. The molecule has 1 unspecified atom stereocenters. The van der Waals surface area contributed by atoms with Gasteiger partial charge in [0.1, 0.15) is 0 Å². The Bertz CT molecular complexity index is 1320. The summed E-state index contributed by atoms with van der Waals surface area (Å²) in [5.74, 6) is 0.546.